The molecule has 1 aliphatic heterocycles. The summed E-state index contributed by atoms with van der Waals surface area (Å²) in [6.45, 7) is 5.36. The maximum absolute atomic E-state index is 12.0. The van der Waals surface area contributed by atoms with Gasteiger partial charge in [0.1, 0.15) is 5.75 Å². The zero-order chi connectivity index (χ0) is 13.1. The van der Waals surface area contributed by atoms with Crippen molar-refractivity contribution in [2.24, 2.45) is 0 Å². The molecular weight excluding hydrogens is 228 g/mol. The number of benzene rings is 1. The first kappa shape index (κ1) is 12.6. The first-order valence-corrected chi connectivity index (χ1v) is 6.07. The second-order valence-electron chi connectivity index (χ2n) is 4.62. The normalized spacial score (nSPS) is 15.8. The van der Waals surface area contributed by atoms with Crippen LogP contribution in [-0.2, 0) is 4.79 Å². The molecule has 3 N–H and O–H groups in total. The van der Waals surface area contributed by atoms with Crippen LogP contribution in [0.5, 0.6) is 5.75 Å². The molecule has 0 saturated carbocycles. The van der Waals surface area contributed by atoms with Crippen molar-refractivity contribution in [1.82, 2.24) is 10.6 Å². The fraction of sp³-hybridized carbons (Fsp3) is 0.357. The third-order valence-corrected chi connectivity index (χ3v) is 3.27. The highest BCUT2D eigenvalue weighted by atomic mass is 16.3. The molecule has 1 aromatic carbocycles. The largest absolute Gasteiger partial charge is 0.508 e. The highest BCUT2D eigenvalue weighted by Crippen LogP contribution is 2.18. The summed E-state index contributed by atoms with van der Waals surface area (Å²) < 4.78 is 0. The molecule has 1 aromatic rings. The van der Waals surface area contributed by atoms with Crippen molar-refractivity contribution in [3.8, 4) is 5.75 Å². The molecular formula is C14H18N2O2. The molecule has 0 aliphatic carbocycles. The molecule has 1 saturated heterocycles. The van der Waals surface area contributed by atoms with E-state index in [1.807, 2.05) is 19.9 Å². The molecule has 18 heavy (non-hydrogen) atoms. The van der Waals surface area contributed by atoms with Crippen LogP contribution in [0.4, 0.5) is 0 Å². The standard InChI is InChI=1S/C14H18N2O2/c1-9(12-7-15-8-12)14(18)16-10(2)11-4-3-5-13(17)6-11/h3-6,10,15,17H,7-8H2,1-2H3,(H,16,18). The molecule has 0 aromatic heterocycles. The Morgan fingerprint density at radius 2 is 2.17 bits per heavy atom. The number of hydrogen-bond donors (Lipinski definition) is 3. The summed E-state index contributed by atoms with van der Waals surface area (Å²) in [6.07, 6.45) is 0. The van der Waals surface area contributed by atoms with Crippen LogP contribution in [0.1, 0.15) is 25.5 Å². The molecule has 1 atom stereocenters. The van der Waals surface area contributed by atoms with Gasteiger partial charge >= 0.3 is 0 Å². The lowest BCUT2D eigenvalue weighted by atomic mass is 10.0. The summed E-state index contributed by atoms with van der Waals surface area (Å²) in [4.78, 5) is 12.0. The van der Waals surface area contributed by atoms with Gasteiger partial charge in [0.15, 0.2) is 0 Å². The van der Waals surface area contributed by atoms with Crippen molar-refractivity contribution in [3.05, 3.63) is 41.0 Å². The summed E-state index contributed by atoms with van der Waals surface area (Å²) in [5.74, 6) is 0.175. The Kier molecular flexibility index (Phi) is 3.67. The molecule has 1 fully saturated rings. The van der Waals surface area contributed by atoms with Crippen LogP contribution in [0.2, 0.25) is 0 Å². The van der Waals surface area contributed by atoms with Gasteiger partial charge in [-0.2, -0.15) is 0 Å². The maximum atomic E-state index is 12.0. The molecule has 0 spiro atoms. The quantitative estimate of drug-likeness (QED) is 0.708. The van der Waals surface area contributed by atoms with Crippen LogP contribution in [0, 0.1) is 0 Å². The number of rotatable bonds is 3. The lowest BCUT2D eigenvalue weighted by Crippen LogP contribution is -2.38. The molecule has 0 radical (unpaired) electrons. The molecule has 2 rings (SSSR count). The summed E-state index contributed by atoms with van der Waals surface area (Å²) in [6, 6.07) is 6.82. The minimum atomic E-state index is -0.117. The number of nitrogens with one attached hydrogen (secondary N) is 2. The summed E-state index contributed by atoms with van der Waals surface area (Å²) in [5, 5.41) is 15.5. The van der Waals surface area contributed by atoms with Gasteiger partial charge in [-0.1, -0.05) is 12.1 Å². The molecule has 4 nitrogen and oxygen atoms in total. The predicted molar refractivity (Wildman–Crippen MR) is 70.2 cm³/mol. The van der Waals surface area contributed by atoms with Crippen molar-refractivity contribution < 1.29 is 9.90 Å². The topological polar surface area (TPSA) is 61.4 Å². The van der Waals surface area contributed by atoms with Crippen LogP contribution in [-0.4, -0.2) is 24.1 Å². The van der Waals surface area contributed by atoms with Gasteiger partial charge in [-0.3, -0.25) is 4.79 Å². The van der Waals surface area contributed by atoms with Gasteiger partial charge in [0.05, 0.1) is 6.04 Å². The number of hydrogen-bond acceptors (Lipinski definition) is 3. The van der Waals surface area contributed by atoms with Gasteiger partial charge in [-0.25, -0.2) is 0 Å². The number of carbonyl (C=O) groups excluding carboxylic acids is 1. The first-order chi connectivity index (χ1) is 8.58. The van der Waals surface area contributed by atoms with Gasteiger partial charge in [0, 0.05) is 18.7 Å². The van der Waals surface area contributed by atoms with Crippen LogP contribution in [0.25, 0.3) is 0 Å². The SMILES string of the molecule is CC(C(=O)NC(C)c1cccc(O)c1)=C1CNC1. The Morgan fingerprint density at radius 1 is 1.44 bits per heavy atom. The van der Waals surface area contributed by atoms with E-state index in [-0.39, 0.29) is 17.7 Å². The van der Waals surface area contributed by atoms with E-state index in [0.29, 0.717) is 0 Å². The Hall–Kier alpha value is -1.81. The van der Waals surface area contributed by atoms with Crippen LogP contribution >= 0.6 is 0 Å². The minimum Gasteiger partial charge on any atom is -0.508 e. The average Bonchev–Trinajstić information content (AvgIpc) is 2.26. The van der Waals surface area contributed by atoms with Crippen molar-refractivity contribution in [1.29, 1.82) is 0 Å². The lowest BCUT2D eigenvalue weighted by molar-refractivity contribution is -0.118. The molecule has 1 aliphatic rings. The van der Waals surface area contributed by atoms with Crippen molar-refractivity contribution in [2.45, 2.75) is 19.9 Å². The smallest absolute Gasteiger partial charge is 0.247 e. The number of phenols is 1. The molecule has 96 valence electrons. The van der Waals surface area contributed by atoms with E-state index in [1.165, 1.54) is 0 Å². The summed E-state index contributed by atoms with van der Waals surface area (Å²) in [5.41, 5.74) is 2.85. The Bertz CT molecular complexity index is 488. The van der Waals surface area contributed by atoms with E-state index < -0.39 is 0 Å². The van der Waals surface area contributed by atoms with Gasteiger partial charge < -0.3 is 15.7 Å². The molecule has 0 bridgehead atoms. The number of aromatic hydroxyl groups is 1. The van der Waals surface area contributed by atoms with E-state index in [0.717, 1.165) is 29.8 Å². The van der Waals surface area contributed by atoms with Gasteiger partial charge in [0.2, 0.25) is 5.91 Å². The second kappa shape index (κ2) is 5.23. The fourth-order valence-electron chi connectivity index (χ4n) is 1.86. The van der Waals surface area contributed by atoms with E-state index >= 15 is 0 Å². The van der Waals surface area contributed by atoms with Gasteiger partial charge in [0.25, 0.3) is 0 Å². The molecule has 4 heteroatoms. The maximum Gasteiger partial charge on any atom is 0.247 e. The minimum absolute atomic E-state index is 0.0395. The van der Waals surface area contributed by atoms with Gasteiger partial charge in [-0.05, 0) is 37.1 Å². The average molecular weight is 246 g/mol. The molecule has 1 unspecified atom stereocenters. The van der Waals surface area contributed by atoms with Crippen LogP contribution in [0.3, 0.4) is 0 Å². The zero-order valence-electron chi connectivity index (χ0n) is 10.7. The Morgan fingerprint density at radius 3 is 2.72 bits per heavy atom. The third kappa shape index (κ3) is 2.71. The van der Waals surface area contributed by atoms with E-state index in [2.05, 4.69) is 10.6 Å². The zero-order valence-corrected chi connectivity index (χ0v) is 10.7. The lowest BCUT2D eigenvalue weighted by Gasteiger charge is -2.22. The van der Waals surface area contributed by atoms with E-state index in [4.69, 9.17) is 0 Å². The number of phenolic OH excluding ortho intramolecular Hbond substituents is 1. The molecule has 1 heterocycles. The summed E-state index contributed by atoms with van der Waals surface area (Å²) in [7, 11) is 0. The highest BCUT2D eigenvalue weighted by molar-refractivity contribution is 5.94. The van der Waals surface area contributed by atoms with Crippen molar-refractivity contribution in [3.63, 3.8) is 0 Å². The highest BCUT2D eigenvalue weighted by Gasteiger charge is 2.17. The second-order valence-corrected chi connectivity index (χ2v) is 4.62. The number of amides is 1. The Labute approximate surface area is 107 Å². The fourth-order valence-corrected chi connectivity index (χ4v) is 1.86. The van der Waals surface area contributed by atoms with Crippen LogP contribution in [0.15, 0.2) is 35.4 Å². The first-order valence-electron chi connectivity index (χ1n) is 6.07. The van der Waals surface area contributed by atoms with Crippen molar-refractivity contribution in [2.75, 3.05) is 13.1 Å². The van der Waals surface area contributed by atoms with Crippen LogP contribution < -0.4 is 10.6 Å². The predicted octanol–water partition coefficient (Wildman–Crippen LogP) is 1.49. The monoisotopic (exact) mass is 246 g/mol. The Balaban J connectivity index is 2.03. The third-order valence-electron chi connectivity index (χ3n) is 3.27. The summed E-state index contributed by atoms with van der Waals surface area (Å²) >= 11 is 0. The molecule has 1 amide bonds. The number of carbonyl (C=O) groups is 1. The van der Waals surface area contributed by atoms with E-state index in [9.17, 15) is 9.90 Å². The van der Waals surface area contributed by atoms with Crippen molar-refractivity contribution >= 4 is 5.91 Å². The van der Waals surface area contributed by atoms with E-state index in [1.54, 1.807) is 18.2 Å². The van der Waals surface area contributed by atoms with Gasteiger partial charge in [-0.15, -0.1) is 0 Å².